The monoisotopic (exact) mass is 310 g/mol. The molecule has 1 heterocycles. The van der Waals surface area contributed by atoms with Gasteiger partial charge in [0.15, 0.2) is 0 Å². The predicted molar refractivity (Wildman–Crippen MR) is 85.6 cm³/mol. The number of benzene rings is 1. The summed E-state index contributed by atoms with van der Waals surface area (Å²) in [6, 6.07) is 7.68. The first-order valence-corrected chi connectivity index (χ1v) is 9.27. The van der Waals surface area contributed by atoms with Gasteiger partial charge in [0.1, 0.15) is 0 Å². The van der Waals surface area contributed by atoms with E-state index in [1.165, 1.54) is 0 Å². The highest BCUT2D eigenvalue weighted by Crippen LogP contribution is 2.23. The van der Waals surface area contributed by atoms with E-state index < -0.39 is 10.0 Å². The summed E-state index contributed by atoms with van der Waals surface area (Å²) in [7, 11) is -3.37. The van der Waals surface area contributed by atoms with Crippen molar-refractivity contribution in [3.8, 4) is 0 Å². The van der Waals surface area contributed by atoms with Gasteiger partial charge in [0, 0.05) is 25.7 Å². The summed E-state index contributed by atoms with van der Waals surface area (Å²) in [5, 5.41) is 3.31. The molecule has 1 aromatic carbocycles. The maximum Gasteiger partial charge on any atom is 0.243 e. The number of sulfonamides is 1. The summed E-state index contributed by atoms with van der Waals surface area (Å²) in [6.07, 6.45) is 4.18. The highest BCUT2D eigenvalue weighted by atomic mass is 32.2. The van der Waals surface area contributed by atoms with Gasteiger partial charge in [-0.2, -0.15) is 4.31 Å². The average Bonchev–Trinajstić information content (AvgIpc) is 2.75. The highest BCUT2D eigenvalue weighted by Gasteiger charge is 2.27. The lowest BCUT2D eigenvalue weighted by molar-refractivity contribution is 0.422. The molecule has 1 aliphatic heterocycles. The largest absolute Gasteiger partial charge is 0.310 e. The fourth-order valence-electron chi connectivity index (χ4n) is 2.64. The van der Waals surface area contributed by atoms with Crippen LogP contribution in [0.5, 0.6) is 0 Å². The molecule has 2 rings (SSSR count). The lowest BCUT2D eigenvalue weighted by atomic mass is 10.2. The summed E-state index contributed by atoms with van der Waals surface area (Å²) in [5.74, 6) is 0. The maximum absolute atomic E-state index is 12.9. The van der Waals surface area contributed by atoms with Crippen molar-refractivity contribution in [1.29, 1.82) is 0 Å². The van der Waals surface area contributed by atoms with Crippen LogP contribution in [-0.2, 0) is 16.6 Å². The minimum atomic E-state index is -3.37. The molecule has 4 nitrogen and oxygen atoms in total. The number of nitrogens with zero attached hydrogens (tertiary/aromatic N) is 1. The Balaban J connectivity index is 2.26. The molecule has 0 spiro atoms. The Morgan fingerprint density at radius 1 is 1.10 bits per heavy atom. The van der Waals surface area contributed by atoms with Gasteiger partial charge in [-0.05, 0) is 24.5 Å². The quantitative estimate of drug-likeness (QED) is 0.910. The van der Waals surface area contributed by atoms with Crippen LogP contribution in [-0.4, -0.2) is 31.9 Å². The molecule has 1 saturated heterocycles. The second-order valence-electron chi connectivity index (χ2n) is 5.96. The van der Waals surface area contributed by atoms with Crippen molar-refractivity contribution in [3.63, 3.8) is 0 Å². The van der Waals surface area contributed by atoms with Crippen molar-refractivity contribution >= 4 is 10.0 Å². The van der Waals surface area contributed by atoms with Gasteiger partial charge in [-0.15, -0.1) is 0 Å². The van der Waals surface area contributed by atoms with Crippen LogP contribution in [0.3, 0.4) is 0 Å². The molecule has 0 aromatic heterocycles. The van der Waals surface area contributed by atoms with Crippen LogP contribution in [0.15, 0.2) is 29.2 Å². The van der Waals surface area contributed by atoms with Crippen LogP contribution in [0.4, 0.5) is 0 Å². The molecule has 0 radical (unpaired) electrons. The fraction of sp³-hybridized carbons (Fsp3) is 0.625. The molecule has 0 bridgehead atoms. The van der Waals surface area contributed by atoms with Gasteiger partial charge >= 0.3 is 0 Å². The summed E-state index contributed by atoms with van der Waals surface area (Å²) < 4.78 is 27.5. The van der Waals surface area contributed by atoms with Crippen LogP contribution in [0.2, 0.25) is 0 Å². The van der Waals surface area contributed by atoms with Crippen LogP contribution in [0.1, 0.15) is 45.1 Å². The number of rotatable bonds is 5. The second-order valence-corrected chi connectivity index (χ2v) is 7.87. The number of hydrogen-bond donors (Lipinski definition) is 1. The van der Waals surface area contributed by atoms with Crippen molar-refractivity contribution in [1.82, 2.24) is 9.62 Å². The maximum atomic E-state index is 12.9. The Morgan fingerprint density at radius 3 is 2.33 bits per heavy atom. The molecule has 0 atom stereocenters. The molecule has 0 amide bonds. The molecule has 1 N–H and O–H groups in total. The standard InChI is InChI=1S/C16H26N2O2S/c1-14(2)17-13-15-9-5-6-10-16(15)21(19,20)18-11-7-3-4-8-12-18/h5-6,9-10,14,17H,3-4,7-8,11-13H2,1-2H3. The van der Waals surface area contributed by atoms with Crippen LogP contribution in [0, 0.1) is 0 Å². The molecule has 1 aromatic rings. The van der Waals surface area contributed by atoms with Gasteiger partial charge < -0.3 is 5.32 Å². The van der Waals surface area contributed by atoms with Gasteiger partial charge in [0.2, 0.25) is 10.0 Å². The zero-order valence-corrected chi connectivity index (χ0v) is 13.8. The molecule has 21 heavy (non-hydrogen) atoms. The van der Waals surface area contributed by atoms with E-state index in [1.807, 2.05) is 18.2 Å². The van der Waals surface area contributed by atoms with Crippen molar-refractivity contribution in [2.24, 2.45) is 0 Å². The first-order chi connectivity index (χ1) is 10.0. The molecule has 5 heteroatoms. The first kappa shape index (κ1) is 16.5. The van der Waals surface area contributed by atoms with Crippen molar-refractivity contribution in [2.75, 3.05) is 13.1 Å². The molecule has 0 unspecified atom stereocenters. The summed E-state index contributed by atoms with van der Waals surface area (Å²) in [6.45, 7) is 6.00. The third-order valence-corrected chi connectivity index (χ3v) is 5.86. The highest BCUT2D eigenvalue weighted by molar-refractivity contribution is 7.89. The first-order valence-electron chi connectivity index (χ1n) is 7.83. The van der Waals surface area contributed by atoms with E-state index >= 15 is 0 Å². The zero-order chi connectivity index (χ0) is 15.3. The van der Waals surface area contributed by atoms with E-state index in [-0.39, 0.29) is 0 Å². The third-order valence-electron chi connectivity index (χ3n) is 3.86. The lowest BCUT2D eigenvalue weighted by Crippen LogP contribution is -2.33. The molecule has 0 saturated carbocycles. The zero-order valence-electron chi connectivity index (χ0n) is 13.0. The van der Waals surface area contributed by atoms with Gasteiger partial charge in [0.25, 0.3) is 0 Å². The van der Waals surface area contributed by atoms with Gasteiger partial charge in [0.05, 0.1) is 4.90 Å². The third kappa shape index (κ3) is 4.28. The van der Waals surface area contributed by atoms with E-state index in [1.54, 1.807) is 10.4 Å². The Kier molecular flexibility index (Phi) is 5.79. The van der Waals surface area contributed by atoms with Crippen molar-refractivity contribution in [3.05, 3.63) is 29.8 Å². The van der Waals surface area contributed by atoms with E-state index in [0.29, 0.717) is 30.6 Å². The SMILES string of the molecule is CC(C)NCc1ccccc1S(=O)(=O)N1CCCCCC1. The van der Waals surface area contributed by atoms with E-state index in [9.17, 15) is 8.42 Å². The fourth-order valence-corrected chi connectivity index (χ4v) is 4.38. The number of hydrogen-bond acceptors (Lipinski definition) is 3. The smallest absolute Gasteiger partial charge is 0.243 e. The van der Waals surface area contributed by atoms with Crippen LogP contribution in [0.25, 0.3) is 0 Å². The van der Waals surface area contributed by atoms with Crippen molar-refractivity contribution in [2.45, 2.75) is 57.0 Å². The van der Waals surface area contributed by atoms with Gasteiger partial charge in [-0.1, -0.05) is 44.9 Å². The molecular formula is C16H26N2O2S. The van der Waals surface area contributed by atoms with Gasteiger partial charge in [-0.3, -0.25) is 0 Å². The Labute approximate surface area is 128 Å². The predicted octanol–water partition coefficient (Wildman–Crippen LogP) is 2.75. The molecule has 0 aliphatic carbocycles. The van der Waals surface area contributed by atoms with E-state index in [2.05, 4.69) is 19.2 Å². The van der Waals surface area contributed by atoms with Crippen LogP contribution >= 0.6 is 0 Å². The van der Waals surface area contributed by atoms with Gasteiger partial charge in [-0.25, -0.2) is 8.42 Å². The number of nitrogens with one attached hydrogen (secondary N) is 1. The summed E-state index contributed by atoms with van der Waals surface area (Å²) in [4.78, 5) is 0.458. The Morgan fingerprint density at radius 2 is 1.71 bits per heavy atom. The minimum Gasteiger partial charge on any atom is -0.310 e. The molecule has 1 fully saturated rings. The Bertz CT molecular complexity index is 547. The molecule has 1 aliphatic rings. The second kappa shape index (κ2) is 7.38. The summed E-state index contributed by atoms with van der Waals surface area (Å²) in [5.41, 5.74) is 0.857. The minimum absolute atomic E-state index is 0.332. The Hall–Kier alpha value is -0.910. The van der Waals surface area contributed by atoms with Crippen molar-refractivity contribution < 1.29 is 8.42 Å². The van der Waals surface area contributed by atoms with E-state index in [4.69, 9.17) is 0 Å². The normalized spacial score (nSPS) is 17.9. The average molecular weight is 310 g/mol. The lowest BCUT2D eigenvalue weighted by Gasteiger charge is -2.22. The topological polar surface area (TPSA) is 49.4 Å². The molecular weight excluding hydrogens is 284 g/mol. The van der Waals surface area contributed by atoms with E-state index in [0.717, 1.165) is 31.2 Å². The van der Waals surface area contributed by atoms with Crippen LogP contribution < -0.4 is 5.32 Å². The summed E-state index contributed by atoms with van der Waals surface area (Å²) >= 11 is 0. The molecule has 118 valence electrons.